The lowest BCUT2D eigenvalue weighted by Gasteiger charge is -2.33. The topological polar surface area (TPSA) is 90.0 Å². The molecule has 0 aromatic heterocycles. The van der Waals surface area contributed by atoms with Crippen LogP contribution >= 0.6 is 0 Å². The van der Waals surface area contributed by atoms with E-state index >= 15 is 0 Å². The van der Waals surface area contributed by atoms with Gasteiger partial charge in [0.15, 0.2) is 0 Å². The van der Waals surface area contributed by atoms with Crippen molar-refractivity contribution in [2.75, 3.05) is 31.5 Å². The summed E-state index contributed by atoms with van der Waals surface area (Å²) in [6.07, 6.45) is 0. The van der Waals surface area contributed by atoms with Crippen LogP contribution in [0.15, 0.2) is 48.5 Å². The minimum atomic E-state index is -4.20. The smallest absolute Gasteiger partial charge is 0.304 e. The number of anilines is 1. The molecule has 0 aliphatic heterocycles. The van der Waals surface area contributed by atoms with Crippen molar-refractivity contribution in [3.63, 3.8) is 0 Å². The monoisotopic (exact) mass is 478 g/mol. The van der Waals surface area contributed by atoms with E-state index in [9.17, 15) is 22.4 Å². The first kappa shape index (κ1) is 26.3. The molecule has 8 nitrogen and oxygen atoms in total. The van der Waals surface area contributed by atoms with Crippen molar-refractivity contribution in [2.45, 2.75) is 33.4 Å². The summed E-state index contributed by atoms with van der Waals surface area (Å²) in [5.74, 6) is -1.78. The number of para-hydroxylation sites is 1. The molecule has 0 radical (unpaired) electrons. The highest BCUT2D eigenvalue weighted by atomic mass is 32.2. The molecule has 0 unspecified atom stereocenters. The first-order chi connectivity index (χ1) is 15.5. The maximum Gasteiger partial charge on any atom is 0.304 e. The molecule has 1 N–H and O–H groups in total. The van der Waals surface area contributed by atoms with Crippen molar-refractivity contribution in [3.05, 3.63) is 65.5 Å². The standard InChI is InChI=1S/C23H31FN4O4S/c1-6-25-23(30)18(3)27(15-19-12-8-7-11-17(19)2)22(29)16-28(33(31,32)26(4)5)21-14-10-9-13-20(21)24/h7-14,18H,6,15-16H2,1-5H3,(H,25,30)/t18-/m0/s1. The Kier molecular flexibility index (Phi) is 8.95. The molecular formula is C23H31FN4O4S. The average molecular weight is 479 g/mol. The van der Waals surface area contributed by atoms with Crippen LogP contribution in [-0.4, -0.2) is 62.7 Å². The van der Waals surface area contributed by atoms with Crippen LogP contribution in [0.25, 0.3) is 0 Å². The molecule has 2 aromatic carbocycles. The predicted octanol–water partition coefficient (Wildman–Crippen LogP) is 2.30. The van der Waals surface area contributed by atoms with Gasteiger partial charge >= 0.3 is 10.2 Å². The molecule has 2 rings (SSSR count). The zero-order chi connectivity index (χ0) is 24.8. The minimum absolute atomic E-state index is 0.0942. The maximum absolute atomic E-state index is 14.6. The number of carbonyl (C=O) groups is 2. The van der Waals surface area contributed by atoms with E-state index in [1.54, 1.807) is 13.8 Å². The van der Waals surface area contributed by atoms with Crippen molar-refractivity contribution in [1.29, 1.82) is 0 Å². The van der Waals surface area contributed by atoms with Crippen molar-refractivity contribution in [1.82, 2.24) is 14.5 Å². The van der Waals surface area contributed by atoms with E-state index in [0.29, 0.717) is 6.54 Å². The summed E-state index contributed by atoms with van der Waals surface area (Å²) in [6, 6.07) is 11.9. The van der Waals surface area contributed by atoms with Gasteiger partial charge in [-0.1, -0.05) is 36.4 Å². The lowest BCUT2D eigenvalue weighted by atomic mass is 10.1. The molecule has 0 heterocycles. The summed E-state index contributed by atoms with van der Waals surface area (Å²) in [5.41, 5.74) is 1.49. The number of nitrogens with one attached hydrogen (secondary N) is 1. The summed E-state index contributed by atoms with van der Waals surface area (Å²) >= 11 is 0. The third-order valence-electron chi connectivity index (χ3n) is 5.26. The van der Waals surface area contributed by atoms with E-state index in [2.05, 4.69) is 5.32 Å². The molecule has 10 heteroatoms. The van der Waals surface area contributed by atoms with Crippen molar-refractivity contribution < 1.29 is 22.4 Å². The Labute approximate surface area is 195 Å². The average Bonchev–Trinajstić information content (AvgIpc) is 2.76. The molecule has 1 atom stereocenters. The molecule has 0 fully saturated rings. The Bertz CT molecular complexity index is 1090. The van der Waals surface area contributed by atoms with Crippen LogP contribution in [0.4, 0.5) is 10.1 Å². The molecule has 0 aliphatic rings. The van der Waals surface area contributed by atoms with Crippen LogP contribution in [0, 0.1) is 12.7 Å². The summed E-state index contributed by atoms with van der Waals surface area (Å²) in [4.78, 5) is 27.4. The number of halogens is 1. The molecule has 180 valence electrons. The molecule has 2 aromatic rings. The minimum Gasteiger partial charge on any atom is -0.355 e. The third-order valence-corrected chi connectivity index (χ3v) is 7.07. The van der Waals surface area contributed by atoms with E-state index in [-0.39, 0.29) is 18.1 Å². The van der Waals surface area contributed by atoms with Gasteiger partial charge in [-0.05, 0) is 44.0 Å². The van der Waals surface area contributed by atoms with Gasteiger partial charge in [0.25, 0.3) is 0 Å². The normalized spacial score (nSPS) is 12.3. The fourth-order valence-electron chi connectivity index (χ4n) is 3.23. The van der Waals surface area contributed by atoms with Crippen LogP contribution in [0.2, 0.25) is 0 Å². The quantitative estimate of drug-likeness (QED) is 0.568. The molecule has 0 bridgehead atoms. The van der Waals surface area contributed by atoms with Gasteiger partial charge in [-0.3, -0.25) is 9.59 Å². The van der Waals surface area contributed by atoms with E-state index in [0.717, 1.165) is 25.8 Å². The summed E-state index contributed by atoms with van der Waals surface area (Å²) < 4.78 is 42.2. The number of hydrogen-bond acceptors (Lipinski definition) is 4. The van der Waals surface area contributed by atoms with Crippen LogP contribution in [0.5, 0.6) is 0 Å². The Morgan fingerprint density at radius 1 is 1.06 bits per heavy atom. The van der Waals surface area contributed by atoms with Crippen LogP contribution in [0.3, 0.4) is 0 Å². The van der Waals surface area contributed by atoms with Crippen molar-refractivity contribution in [3.8, 4) is 0 Å². The first-order valence-corrected chi connectivity index (χ1v) is 12.0. The number of amides is 2. The van der Waals surface area contributed by atoms with E-state index < -0.39 is 34.5 Å². The number of nitrogens with zero attached hydrogens (tertiary/aromatic N) is 3. The summed E-state index contributed by atoms with van der Waals surface area (Å²) in [5, 5.41) is 2.69. The van der Waals surface area contributed by atoms with E-state index in [1.165, 1.54) is 37.2 Å². The van der Waals surface area contributed by atoms with Gasteiger partial charge in [0.05, 0.1) is 5.69 Å². The van der Waals surface area contributed by atoms with Gasteiger partial charge in [-0.15, -0.1) is 0 Å². The highest BCUT2D eigenvalue weighted by molar-refractivity contribution is 7.90. The highest BCUT2D eigenvalue weighted by Gasteiger charge is 2.33. The van der Waals surface area contributed by atoms with Crippen molar-refractivity contribution >= 4 is 27.7 Å². The number of carbonyl (C=O) groups excluding carboxylic acids is 2. The van der Waals surface area contributed by atoms with E-state index in [4.69, 9.17) is 0 Å². The number of hydrogen-bond donors (Lipinski definition) is 1. The molecule has 0 aliphatic carbocycles. The van der Waals surface area contributed by atoms with Gasteiger partial charge < -0.3 is 10.2 Å². The Hall–Kier alpha value is -2.98. The van der Waals surface area contributed by atoms with E-state index in [1.807, 2.05) is 31.2 Å². The number of aryl methyl sites for hydroxylation is 1. The second-order valence-corrected chi connectivity index (χ2v) is 9.83. The first-order valence-electron chi connectivity index (χ1n) is 10.6. The third kappa shape index (κ3) is 6.29. The molecule has 0 saturated heterocycles. The zero-order valence-corrected chi connectivity index (χ0v) is 20.4. The second kappa shape index (κ2) is 11.2. The second-order valence-electron chi connectivity index (χ2n) is 7.77. The predicted molar refractivity (Wildman–Crippen MR) is 126 cm³/mol. The molecule has 2 amide bonds. The fourth-order valence-corrected chi connectivity index (χ4v) is 4.30. The lowest BCUT2D eigenvalue weighted by Crippen LogP contribution is -2.52. The lowest BCUT2D eigenvalue weighted by molar-refractivity contribution is -0.139. The SMILES string of the molecule is CCNC(=O)[C@H](C)N(Cc1ccccc1C)C(=O)CN(c1ccccc1F)S(=O)(=O)N(C)C. The highest BCUT2D eigenvalue weighted by Crippen LogP contribution is 2.24. The molecule has 0 saturated carbocycles. The molecule has 33 heavy (non-hydrogen) atoms. The maximum atomic E-state index is 14.6. The van der Waals surface area contributed by atoms with Gasteiger partial charge in [0.1, 0.15) is 18.4 Å². The Morgan fingerprint density at radius 3 is 2.24 bits per heavy atom. The van der Waals surface area contributed by atoms with Gasteiger partial charge in [0.2, 0.25) is 11.8 Å². The largest absolute Gasteiger partial charge is 0.355 e. The summed E-state index contributed by atoms with van der Waals surface area (Å²) in [7, 11) is -1.60. The molecular weight excluding hydrogens is 447 g/mol. The van der Waals surface area contributed by atoms with Gasteiger partial charge in [-0.2, -0.15) is 12.7 Å². The number of rotatable bonds is 10. The zero-order valence-electron chi connectivity index (χ0n) is 19.6. The molecule has 0 spiro atoms. The fraction of sp³-hybridized carbons (Fsp3) is 0.391. The summed E-state index contributed by atoms with van der Waals surface area (Å²) in [6.45, 7) is 5.04. The van der Waals surface area contributed by atoms with Gasteiger partial charge in [-0.25, -0.2) is 8.70 Å². The van der Waals surface area contributed by atoms with Crippen LogP contribution in [0.1, 0.15) is 25.0 Å². The Morgan fingerprint density at radius 2 is 1.67 bits per heavy atom. The van der Waals surface area contributed by atoms with Crippen LogP contribution in [-0.2, 0) is 26.3 Å². The van der Waals surface area contributed by atoms with Gasteiger partial charge in [0, 0.05) is 27.2 Å². The van der Waals surface area contributed by atoms with Crippen molar-refractivity contribution in [2.24, 2.45) is 0 Å². The number of benzene rings is 2. The van der Waals surface area contributed by atoms with Crippen LogP contribution < -0.4 is 9.62 Å². The Balaban J connectivity index is 2.48. The number of likely N-dealkylation sites (N-methyl/N-ethyl adjacent to an activating group) is 1.